The van der Waals surface area contributed by atoms with Crippen LogP contribution in [0.3, 0.4) is 0 Å². The van der Waals surface area contributed by atoms with E-state index < -0.39 is 0 Å². The summed E-state index contributed by atoms with van der Waals surface area (Å²) < 4.78 is 2.69. The van der Waals surface area contributed by atoms with E-state index in [9.17, 15) is 4.79 Å². The predicted octanol–water partition coefficient (Wildman–Crippen LogP) is 3.12. The highest BCUT2D eigenvalue weighted by Gasteiger charge is 2.06. The smallest absolute Gasteiger partial charge is 0.246 e. The molecule has 124 valence electrons. The molecule has 25 heavy (non-hydrogen) atoms. The number of thiazole rings is 1. The van der Waals surface area contributed by atoms with Crippen LogP contribution in [0.25, 0.3) is 10.2 Å². The fraction of sp³-hybridized carbons (Fsp3) is 0.111. The molecule has 1 amide bonds. The average molecular weight is 349 g/mol. The van der Waals surface area contributed by atoms with Crippen molar-refractivity contribution in [1.82, 2.24) is 19.7 Å². The van der Waals surface area contributed by atoms with Crippen molar-refractivity contribution in [3.05, 3.63) is 71.8 Å². The molecule has 0 radical (unpaired) electrons. The Balaban J connectivity index is 1.40. The summed E-state index contributed by atoms with van der Waals surface area (Å²) in [6.07, 6.45) is 3.71. The molecule has 7 heteroatoms. The Morgan fingerprint density at radius 1 is 1.12 bits per heavy atom. The van der Waals surface area contributed by atoms with E-state index in [1.54, 1.807) is 11.3 Å². The van der Waals surface area contributed by atoms with Crippen molar-refractivity contribution in [2.24, 2.45) is 0 Å². The van der Waals surface area contributed by atoms with Gasteiger partial charge in [0.2, 0.25) is 5.91 Å². The maximum absolute atomic E-state index is 11.9. The molecule has 1 N–H and O–H groups in total. The first-order valence-electron chi connectivity index (χ1n) is 7.82. The lowest BCUT2D eigenvalue weighted by Gasteiger charge is -2.06. The molecule has 6 nitrogen and oxygen atoms in total. The Morgan fingerprint density at radius 2 is 1.96 bits per heavy atom. The molecule has 2 aromatic carbocycles. The van der Waals surface area contributed by atoms with Crippen LogP contribution in [0.4, 0.5) is 5.69 Å². The normalized spacial score (nSPS) is 10.9. The van der Waals surface area contributed by atoms with Crippen LogP contribution in [-0.4, -0.2) is 25.7 Å². The second kappa shape index (κ2) is 6.82. The van der Waals surface area contributed by atoms with Crippen molar-refractivity contribution in [2.45, 2.75) is 13.0 Å². The van der Waals surface area contributed by atoms with Crippen molar-refractivity contribution >= 4 is 33.1 Å². The average Bonchev–Trinajstić information content (AvgIpc) is 3.25. The molecule has 0 aliphatic carbocycles. The molecule has 4 aromatic rings. The lowest BCUT2D eigenvalue weighted by molar-refractivity contribution is -0.116. The Bertz CT molecular complexity index is 959. The maximum atomic E-state index is 11.9. The van der Waals surface area contributed by atoms with Gasteiger partial charge in [-0.05, 0) is 29.8 Å². The molecule has 0 saturated heterocycles. The summed E-state index contributed by atoms with van der Waals surface area (Å²) in [4.78, 5) is 20.4. The maximum Gasteiger partial charge on any atom is 0.246 e. The molecule has 2 heterocycles. The highest BCUT2D eigenvalue weighted by Crippen LogP contribution is 2.24. The minimum atomic E-state index is -0.135. The third-order valence-electron chi connectivity index (χ3n) is 3.70. The number of aromatic nitrogens is 4. The topological polar surface area (TPSA) is 72.7 Å². The third kappa shape index (κ3) is 3.72. The standard InChI is InChI=1S/C18H15N5OS/c24-17(10-23-12-19-11-20-23)21-14-7-5-13(6-8-14)9-18-22-15-3-1-2-4-16(15)25-18/h1-8,11-12H,9-10H2,(H,21,24). The predicted molar refractivity (Wildman–Crippen MR) is 97.5 cm³/mol. The molecule has 0 bridgehead atoms. The molecular weight excluding hydrogens is 334 g/mol. The Morgan fingerprint density at radius 3 is 2.72 bits per heavy atom. The van der Waals surface area contributed by atoms with Gasteiger partial charge >= 0.3 is 0 Å². The summed E-state index contributed by atoms with van der Waals surface area (Å²) in [5, 5.41) is 7.86. The molecule has 0 fully saturated rings. The van der Waals surface area contributed by atoms with Crippen LogP contribution >= 0.6 is 11.3 Å². The van der Waals surface area contributed by atoms with E-state index in [1.165, 1.54) is 22.0 Å². The van der Waals surface area contributed by atoms with Gasteiger partial charge in [0.1, 0.15) is 19.2 Å². The van der Waals surface area contributed by atoms with Gasteiger partial charge < -0.3 is 5.32 Å². The van der Waals surface area contributed by atoms with Crippen LogP contribution in [0.2, 0.25) is 0 Å². The van der Waals surface area contributed by atoms with Crippen molar-refractivity contribution in [3.8, 4) is 0 Å². The van der Waals surface area contributed by atoms with E-state index in [-0.39, 0.29) is 12.5 Å². The van der Waals surface area contributed by atoms with Crippen LogP contribution in [0, 0.1) is 0 Å². The van der Waals surface area contributed by atoms with E-state index >= 15 is 0 Å². The van der Waals surface area contributed by atoms with Gasteiger partial charge in [-0.3, -0.25) is 4.79 Å². The van der Waals surface area contributed by atoms with E-state index in [2.05, 4.69) is 26.4 Å². The zero-order chi connectivity index (χ0) is 17.1. The number of benzene rings is 2. The first-order valence-corrected chi connectivity index (χ1v) is 8.63. The van der Waals surface area contributed by atoms with Crippen LogP contribution in [0.1, 0.15) is 10.6 Å². The highest BCUT2D eigenvalue weighted by molar-refractivity contribution is 7.18. The largest absolute Gasteiger partial charge is 0.324 e. The lowest BCUT2D eigenvalue weighted by Crippen LogP contribution is -2.18. The quantitative estimate of drug-likeness (QED) is 0.601. The number of rotatable bonds is 5. The Kier molecular flexibility index (Phi) is 4.22. The molecule has 0 aliphatic heterocycles. The van der Waals surface area contributed by atoms with Gasteiger partial charge in [0, 0.05) is 12.1 Å². The second-order valence-corrected chi connectivity index (χ2v) is 6.71. The molecule has 0 saturated carbocycles. The minimum absolute atomic E-state index is 0.135. The Labute approximate surface area is 148 Å². The van der Waals surface area contributed by atoms with Crippen molar-refractivity contribution in [3.63, 3.8) is 0 Å². The number of anilines is 1. The van der Waals surface area contributed by atoms with Crippen molar-refractivity contribution in [1.29, 1.82) is 0 Å². The summed E-state index contributed by atoms with van der Waals surface area (Å²) >= 11 is 1.71. The van der Waals surface area contributed by atoms with Crippen LogP contribution in [0.5, 0.6) is 0 Å². The number of para-hydroxylation sites is 1. The summed E-state index contributed by atoms with van der Waals surface area (Å²) in [6, 6.07) is 16.0. The number of nitrogens with zero attached hydrogens (tertiary/aromatic N) is 4. The van der Waals surface area contributed by atoms with Crippen LogP contribution < -0.4 is 5.32 Å². The summed E-state index contributed by atoms with van der Waals surface area (Å²) in [7, 11) is 0. The van der Waals surface area contributed by atoms with Gasteiger partial charge in [-0.1, -0.05) is 24.3 Å². The molecule has 2 aromatic heterocycles. The first kappa shape index (κ1) is 15.5. The fourth-order valence-electron chi connectivity index (χ4n) is 2.54. The number of carbonyl (C=O) groups excluding carboxylic acids is 1. The lowest BCUT2D eigenvalue weighted by atomic mass is 10.1. The van der Waals surface area contributed by atoms with Gasteiger partial charge in [0.25, 0.3) is 0 Å². The van der Waals surface area contributed by atoms with Crippen molar-refractivity contribution in [2.75, 3.05) is 5.32 Å². The molecule has 0 spiro atoms. The number of amides is 1. The third-order valence-corrected chi connectivity index (χ3v) is 4.74. The van der Waals surface area contributed by atoms with Crippen LogP contribution in [0.15, 0.2) is 61.2 Å². The van der Waals surface area contributed by atoms with E-state index in [1.807, 2.05) is 42.5 Å². The van der Waals surface area contributed by atoms with Crippen LogP contribution in [-0.2, 0) is 17.8 Å². The molecule has 0 aliphatic rings. The number of fused-ring (bicyclic) bond motifs is 1. The zero-order valence-corrected chi connectivity index (χ0v) is 14.1. The van der Waals surface area contributed by atoms with Gasteiger partial charge in [0.05, 0.1) is 15.2 Å². The van der Waals surface area contributed by atoms with Gasteiger partial charge in [-0.2, -0.15) is 5.10 Å². The van der Waals surface area contributed by atoms with E-state index in [0.717, 1.165) is 28.2 Å². The first-order chi connectivity index (χ1) is 12.3. The van der Waals surface area contributed by atoms with Gasteiger partial charge in [-0.25, -0.2) is 14.6 Å². The number of hydrogen-bond acceptors (Lipinski definition) is 5. The number of hydrogen-bond donors (Lipinski definition) is 1. The van der Waals surface area contributed by atoms with E-state index in [4.69, 9.17) is 0 Å². The molecular formula is C18H15N5OS. The van der Waals surface area contributed by atoms with Crippen molar-refractivity contribution < 1.29 is 4.79 Å². The zero-order valence-electron chi connectivity index (χ0n) is 13.3. The Hall–Kier alpha value is -3.06. The summed E-state index contributed by atoms with van der Waals surface area (Å²) in [6.45, 7) is 0.146. The SMILES string of the molecule is O=C(Cn1cncn1)Nc1ccc(Cc2nc3ccccc3s2)cc1. The monoisotopic (exact) mass is 349 g/mol. The van der Waals surface area contributed by atoms with Gasteiger partial charge in [-0.15, -0.1) is 11.3 Å². The number of nitrogens with one attached hydrogen (secondary N) is 1. The summed E-state index contributed by atoms with van der Waals surface area (Å²) in [5.41, 5.74) is 2.96. The highest BCUT2D eigenvalue weighted by atomic mass is 32.1. The molecule has 4 rings (SSSR count). The minimum Gasteiger partial charge on any atom is -0.324 e. The fourth-order valence-corrected chi connectivity index (χ4v) is 3.54. The van der Waals surface area contributed by atoms with E-state index in [0.29, 0.717) is 0 Å². The van der Waals surface area contributed by atoms with Gasteiger partial charge in [0.15, 0.2) is 0 Å². The molecule has 0 atom stereocenters. The summed E-state index contributed by atoms with van der Waals surface area (Å²) in [5.74, 6) is -0.135. The second-order valence-electron chi connectivity index (χ2n) is 5.59. The number of carbonyl (C=O) groups is 1. The molecule has 0 unspecified atom stereocenters.